The number of rotatable bonds is 4. The van der Waals surface area contributed by atoms with Gasteiger partial charge in [-0.05, 0) is 49.7 Å². The van der Waals surface area contributed by atoms with Gasteiger partial charge in [-0.25, -0.2) is 4.79 Å². The predicted molar refractivity (Wildman–Crippen MR) is 104 cm³/mol. The number of aryl methyl sites for hydroxylation is 1. The van der Waals surface area contributed by atoms with Crippen molar-refractivity contribution in [3.05, 3.63) is 29.8 Å². The van der Waals surface area contributed by atoms with Crippen molar-refractivity contribution in [2.24, 2.45) is 11.3 Å². The molecule has 1 aliphatic heterocycles. The van der Waals surface area contributed by atoms with Gasteiger partial charge in [0.2, 0.25) is 5.91 Å². The minimum absolute atomic E-state index is 0.0426. The molecule has 142 valence electrons. The van der Waals surface area contributed by atoms with Crippen LogP contribution in [0.4, 0.5) is 10.5 Å². The van der Waals surface area contributed by atoms with E-state index in [9.17, 15) is 9.59 Å². The van der Waals surface area contributed by atoms with Crippen molar-refractivity contribution >= 4 is 17.6 Å². The van der Waals surface area contributed by atoms with Gasteiger partial charge in [-0.2, -0.15) is 0 Å². The number of nitrogens with zero attached hydrogens (tertiary/aromatic N) is 2. The van der Waals surface area contributed by atoms with Crippen LogP contribution in [0.3, 0.4) is 0 Å². The number of amides is 3. The molecule has 5 nitrogen and oxygen atoms in total. The third-order valence-corrected chi connectivity index (χ3v) is 5.53. The van der Waals surface area contributed by atoms with Gasteiger partial charge in [0.15, 0.2) is 0 Å². The van der Waals surface area contributed by atoms with Crippen LogP contribution in [-0.4, -0.2) is 42.5 Å². The summed E-state index contributed by atoms with van der Waals surface area (Å²) in [5, 5.41) is 3.16. The van der Waals surface area contributed by atoms with Crippen molar-refractivity contribution in [3.63, 3.8) is 0 Å². The average molecular weight is 357 g/mol. The molecule has 5 heteroatoms. The van der Waals surface area contributed by atoms with E-state index in [1.165, 1.54) is 12.0 Å². The quantitative estimate of drug-likeness (QED) is 0.896. The fraction of sp³-hybridized carbons (Fsp3) is 0.619. The predicted octanol–water partition coefficient (Wildman–Crippen LogP) is 3.57. The highest BCUT2D eigenvalue weighted by Crippen LogP contribution is 2.38. The van der Waals surface area contributed by atoms with Crippen LogP contribution in [0, 0.1) is 18.3 Å². The summed E-state index contributed by atoms with van der Waals surface area (Å²) in [6.07, 6.45) is 3.24. The van der Waals surface area contributed by atoms with E-state index in [1.807, 2.05) is 31.2 Å². The third kappa shape index (κ3) is 4.37. The van der Waals surface area contributed by atoms with E-state index in [0.717, 1.165) is 18.5 Å². The molecule has 1 heterocycles. The standard InChI is InChI=1S/C21H31N3O2/c1-15-5-7-18(8-6-15)24-10-9-23(20(24)26)14-19(25)22-17-11-16(2)12-21(3,4)13-17/h5-8,16-17H,9-14H2,1-4H3,(H,22,25)/t16-,17+/m0/s1. The van der Waals surface area contributed by atoms with Crippen LogP contribution in [-0.2, 0) is 4.79 Å². The first-order valence-corrected chi connectivity index (χ1v) is 9.66. The van der Waals surface area contributed by atoms with Crippen LogP contribution in [0.5, 0.6) is 0 Å². The van der Waals surface area contributed by atoms with Crippen LogP contribution in [0.25, 0.3) is 0 Å². The Labute approximate surface area is 156 Å². The molecular formula is C21H31N3O2. The summed E-state index contributed by atoms with van der Waals surface area (Å²) < 4.78 is 0. The molecule has 26 heavy (non-hydrogen) atoms. The molecule has 0 radical (unpaired) electrons. The Hall–Kier alpha value is -2.04. The van der Waals surface area contributed by atoms with E-state index >= 15 is 0 Å². The Morgan fingerprint density at radius 2 is 1.88 bits per heavy atom. The van der Waals surface area contributed by atoms with Crippen LogP contribution in [0.15, 0.2) is 24.3 Å². The lowest BCUT2D eigenvalue weighted by molar-refractivity contribution is -0.122. The van der Waals surface area contributed by atoms with E-state index in [-0.39, 0.29) is 29.9 Å². The zero-order chi connectivity index (χ0) is 18.9. The summed E-state index contributed by atoms with van der Waals surface area (Å²) in [6, 6.07) is 8.06. The molecule has 1 aromatic rings. The molecule has 3 amide bonds. The summed E-state index contributed by atoms with van der Waals surface area (Å²) in [5.74, 6) is 0.577. The van der Waals surface area contributed by atoms with Crippen molar-refractivity contribution in [2.45, 2.75) is 53.0 Å². The van der Waals surface area contributed by atoms with Gasteiger partial charge in [-0.1, -0.05) is 38.5 Å². The van der Waals surface area contributed by atoms with E-state index in [1.54, 1.807) is 9.80 Å². The van der Waals surface area contributed by atoms with Crippen molar-refractivity contribution in [1.29, 1.82) is 0 Å². The van der Waals surface area contributed by atoms with Gasteiger partial charge in [-0.3, -0.25) is 9.69 Å². The lowest BCUT2D eigenvalue weighted by atomic mass is 9.70. The summed E-state index contributed by atoms with van der Waals surface area (Å²) >= 11 is 0. The molecule has 1 saturated carbocycles. The van der Waals surface area contributed by atoms with Crippen molar-refractivity contribution in [1.82, 2.24) is 10.2 Å². The van der Waals surface area contributed by atoms with E-state index < -0.39 is 0 Å². The fourth-order valence-electron chi connectivity index (χ4n) is 4.60. The maximum absolute atomic E-state index is 12.6. The van der Waals surface area contributed by atoms with Gasteiger partial charge in [0.1, 0.15) is 6.54 Å². The fourth-order valence-corrected chi connectivity index (χ4v) is 4.60. The molecule has 3 rings (SSSR count). The summed E-state index contributed by atoms with van der Waals surface area (Å²) in [7, 11) is 0. The van der Waals surface area contributed by atoms with Crippen LogP contribution in [0.2, 0.25) is 0 Å². The number of urea groups is 1. The molecule has 0 spiro atoms. The lowest BCUT2D eigenvalue weighted by Crippen LogP contribution is -2.47. The van der Waals surface area contributed by atoms with Crippen molar-refractivity contribution < 1.29 is 9.59 Å². The minimum Gasteiger partial charge on any atom is -0.352 e. The highest BCUT2D eigenvalue weighted by atomic mass is 16.2. The molecule has 1 aliphatic carbocycles. The number of benzene rings is 1. The Kier molecular flexibility index (Phi) is 5.26. The lowest BCUT2D eigenvalue weighted by Gasteiger charge is -2.39. The van der Waals surface area contributed by atoms with Crippen molar-refractivity contribution in [2.75, 3.05) is 24.5 Å². The van der Waals surface area contributed by atoms with Gasteiger partial charge in [0, 0.05) is 24.8 Å². The first-order valence-electron chi connectivity index (χ1n) is 9.66. The maximum Gasteiger partial charge on any atom is 0.325 e. The van der Waals surface area contributed by atoms with E-state index in [4.69, 9.17) is 0 Å². The second-order valence-electron chi connectivity index (χ2n) is 8.87. The Balaban J connectivity index is 1.55. The minimum atomic E-state index is -0.0821. The molecule has 0 bridgehead atoms. The van der Waals surface area contributed by atoms with Gasteiger partial charge in [-0.15, -0.1) is 0 Å². The second kappa shape index (κ2) is 7.29. The van der Waals surface area contributed by atoms with Crippen LogP contribution < -0.4 is 10.2 Å². The summed E-state index contributed by atoms with van der Waals surface area (Å²) in [5.41, 5.74) is 2.33. The number of nitrogens with one attached hydrogen (secondary N) is 1. The highest BCUT2D eigenvalue weighted by Gasteiger charge is 2.34. The Morgan fingerprint density at radius 3 is 2.54 bits per heavy atom. The largest absolute Gasteiger partial charge is 0.352 e. The normalized spacial score (nSPS) is 25.5. The van der Waals surface area contributed by atoms with E-state index in [2.05, 4.69) is 26.1 Å². The summed E-state index contributed by atoms with van der Waals surface area (Å²) in [6.45, 7) is 10.2. The molecule has 1 saturated heterocycles. The van der Waals surface area contributed by atoms with Gasteiger partial charge in [0.25, 0.3) is 0 Å². The zero-order valence-electron chi connectivity index (χ0n) is 16.4. The van der Waals surface area contributed by atoms with Crippen molar-refractivity contribution in [3.8, 4) is 0 Å². The monoisotopic (exact) mass is 357 g/mol. The average Bonchev–Trinajstić information content (AvgIpc) is 2.87. The molecule has 1 aromatic carbocycles. The third-order valence-electron chi connectivity index (χ3n) is 5.53. The SMILES string of the molecule is Cc1ccc(N2CCN(CC(=O)N[C@@H]3C[C@H](C)CC(C)(C)C3)C2=O)cc1. The van der Waals surface area contributed by atoms with E-state index in [0.29, 0.717) is 19.0 Å². The van der Waals surface area contributed by atoms with Gasteiger partial charge in [0.05, 0.1) is 0 Å². The first-order chi connectivity index (χ1) is 12.2. The molecule has 0 aromatic heterocycles. The first kappa shape index (κ1) is 18.7. The Bertz CT molecular complexity index is 668. The van der Waals surface area contributed by atoms with Gasteiger partial charge >= 0.3 is 6.03 Å². The number of anilines is 1. The maximum atomic E-state index is 12.6. The smallest absolute Gasteiger partial charge is 0.325 e. The molecular weight excluding hydrogens is 326 g/mol. The molecule has 1 N–H and O–H groups in total. The molecule has 2 atom stereocenters. The number of carbonyl (C=O) groups excluding carboxylic acids is 2. The summed E-state index contributed by atoms with van der Waals surface area (Å²) in [4.78, 5) is 28.5. The number of hydrogen-bond donors (Lipinski definition) is 1. The molecule has 2 fully saturated rings. The van der Waals surface area contributed by atoms with Crippen LogP contribution >= 0.6 is 0 Å². The molecule has 0 unspecified atom stereocenters. The number of hydrogen-bond acceptors (Lipinski definition) is 2. The zero-order valence-corrected chi connectivity index (χ0v) is 16.4. The Morgan fingerprint density at radius 1 is 1.19 bits per heavy atom. The van der Waals surface area contributed by atoms with Crippen LogP contribution in [0.1, 0.15) is 45.6 Å². The topological polar surface area (TPSA) is 52.6 Å². The van der Waals surface area contributed by atoms with Gasteiger partial charge < -0.3 is 10.2 Å². The number of carbonyl (C=O) groups is 2. The molecule has 2 aliphatic rings. The second-order valence-corrected chi connectivity index (χ2v) is 8.87. The highest BCUT2D eigenvalue weighted by molar-refractivity contribution is 5.96.